The van der Waals surface area contributed by atoms with Crippen molar-refractivity contribution in [2.75, 3.05) is 6.61 Å². The average molecular weight is 352 g/mol. The lowest BCUT2D eigenvalue weighted by molar-refractivity contribution is 0.239. The molecule has 0 aliphatic heterocycles. The predicted molar refractivity (Wildman–Crippen MR) is 108 cm³/mol. The summed E-state index contributed by atoms with van der Waals surface area (Å²) < 4.78 is 7.79. The van der Waals surface area contributed by atoms with Crippen molar-refractivity contribution in [3.05, 3.63) is 46.5 Å². The number of fused-ring (bicyclic) bond motifs is 3. The Morgan fingerprint density at radius 2 is 1.88 bits per heavy atom. The highest BCUT2D eigenvalue weighted by molar-refractivity contribution is 6.06. The molecule has 3 aromatic rings. The molecule has 4 heteroatoms. The van der Waals surface area contributed by atoms with E-state index in [4.69, 9.17) is 4.74 Å². The van der Waals surface area contributed by atoms with Crippen LogP contribution in [-0.4, -0.2) is 16.2 Å². The van der Waals surface area contributed by atoms with Crippen LogP contribution in [0.4, 0.5) is 0 Å². The van der Waals surface area contributed by atoms with E-state index in [1.54, 1.807) is 6.20 Å². The summed E-state index contributed by atoms with van der Waals surface area (Å²) in [5.41, 5.74) is 1.82. The van der Waals surface area contributed by atoms with Crippen molar-refractivity contribution < 1.29 is 4.74 Å². The SMILES string of the molecule is CCn1c(=O)c2cc(OC[C@H](C)CC(C)C)ccc2c2ccnc(C)c21. The molecule has 0 spiro atoms. The van der Waals surface area contributed by atoms with E-state index < -0.39 is 0 Å². The Balaban J connectivity index is 2.06. The van der Waals surface area contributed by atoms with Crippen LogP contribution < -0.4 is 10.3 Å². The molecule has 0 amide bonds. The molecule has 0 bridgehead atoms. The van der Waals surface area contributed by atoms with Crippen molar-refractivity contribution in [2.45, 2.75) is 47.6 Å². The summed E-state index contributed by atoms with van der Waals surface area (Å²) in [5.74, 6) is 1.91. The number of aryl methyl sites for hydroxylation is 2. The molecule has 0 aliphatic carbocycles. The van der Waals surface area contributed by atoms with Crippen molar-refractivity contribution in [3.8, 4) is 5.75 Å². The molecule has 0 saturated carbocycles. The summed E-state index contributed by atoms with van der Waals surface area (Å²) in [5, 5.41) is 2.73. The summed E-state index contributed by atoms with van der Waals surface area (Å²) in [6, 6.07) is 7.85. The first-order valence-corrected chi connectivity index (χ1v) is 9.47. The molecule has 138 valence electrons. The molecule has 0 radical (unpaired) electrons. The van der Waals surface area contributed by atoms with E-state index in [0.29, 0.717) is 30.4 Å². The number of nitrogens with zero attached hydrogens (tertiary/aromatic N) is 2. The van der Waals surface area contributed by atoms with Crippen LogP contribution in [0.2, 0.25) is 0 Å². The Labute approximate surface area is 154 Å². The Bertz CT molecular complexity index is 989. The minimum Gasteiger partial charge on any atom is -0.493 e. The van der Waals surface area contributed by atoms with Crippen LogP contribution in [0.25, 0.3) is 21.7 Å². The molecule has 0 aliphatic rings. The van der Waals surface area contributed by atoms with E-state index in [1.807, 2.05) is 42.7 Å². The first-order valence-electron chi connectivity index (χ1n) is 9.47. The second-order valence-corrected chi connectivity index (χ2v) is 7.60. The van der Waals surface area contributed by atoms with Crippen LogP contribution in [0.1, 0.15) is 39.8 Å². The van der Waals surface area contributed by atoms with Crippen molar-refractivity contribution in [3.63, 3.8) is 0 Å². The normalized spacial score (nSPS) is 12.8. The largest absolute Gasteiger partial charge is 0.493 e. The molecule has 0 fully saturated rings. The van der Waals surface area contributed by atoms with Crippen LogP contribution in [0.3, 0.4) is 0 Å². The van der Waals surface area contributed by atoms with E-state index in [9.17, 15) is 4.79 Å². The maximum Gasteiger partial charge on any atom is 0.259 e. The number of aromatic nitrogens is 2. The predicted octanol–water partition coefficient (Wildman–Crippen LogP) is 4.94. The lowest BCUT2D eigenvalue weighted by Gasteiger charge is -2.16. The molecular formula is C22H28N2O2. The third-order valence-electron chi connectivity index (χ3n) is 4.86. The number of hydrogen-bond acceptors (Lipinski definition) is 3. The average Bonchev–Trinajstić information content (AvgIpc) is 2.60. The zero-order valence-corrected chi connectivity index (χ0v) is 16.4. The Kier molecular flexibility index (Phi) is 5.30. The van der Waals surface area contributed by atoms with Crippen LogP contribution in [0.5, 0.6) is 5.75 Å². The maximum atomic E-state index is 13.0. The third-order valence-corrected chi connectivity index (χ3v) is 4.86. The van der Waals surface area contributed by atoms with Gasteiger partial charge >= 0.3 is 0 Å². The van der Waals surface area contributed by atoms with Gasteiger partial charge < -0.3 is 9.30 Å². The molecule has 2 aromatic heterocycles. The molecule has 3 rings (SSSR count). The molecule has 1 aromatic carbocycles. The second kappa shape index (κ2) is 7.48. The minimum absolute atomic E-state index is 0.0202. The van der Waals surface area contributed by atoms with Gasteiger partial charge in [0.05, 0.1) is 23.2 Å². The van der Waals surface area contributed by atoms with Gasteiger partial charge in [-0.25, -0.2) is 0 Å². The zero-order valence-electron chi connectivity index (χ0n) is 16.4. The maximum absolute atomic E-state index is 13.0. The van der Waals surface area contributed by atoms with E-state index in [0.717, 1.165) is 34.2 Å². The van der Waals surface area contributed by atoms with Gasteiger partial charge in [0.1, 0.15) is 5.75 Å². The number of rotatable bonds is 6. The van der Waals surface area contributed by atoms with Gasteiger partial charge in [0.25, 0.3) is 5.56 Å². The smallest absolute Gasteiger partial charge is 0.259 e. The van der Waals surface area contributed by atoms with Gasteiger partial charge in [0, 0.05) is 18.1 Å². The molecule has 0 unspecified atom stereocenters. The van der Waals surface area contributed by atoms with Gasteiger partial charge in [-0.3, -0.25) is 9.78 Å². The molecule has 0 N–H and O–H groups in total. The monoisotopic (exact) mass is 352 g/mol. The summed E-state index contributed by atoms with van der Waals surface area (Å²) in [6.07, 6.45) is 2.94. The van der Waals surface area contributed by atoms with Gasteiger partial charge in [0.2, 0.25) is 0 Å². The fourth-order valence-corrected chi connectivity index (χ4v) is 3.80. The molecule has 4 nitrogen and oxygen atoms in total. The van der Waals surface area contributed by atoms with Gasteiger partial charge in [-0.15, -0.1) is 0 Å². The van der Waals surface area contributed by atoms with Crippen LogP contribution in [0, 0.1) is 18.8 Å². The minimum atomic E-state index is 0.0202. The third kappa shape index (κ3) is 3.46. The highest BCUT2D eigenvalue weighted by Crippen LogP contribution is 2.27. The quantitative estimate of drug-likeness (QED) is 0.590. The zero-order chi connectivity index (χ0) is 18.8. The lowest BCUT2D eigenvalue weighted by Crippen LogP contribution is -2.21. The fraction of sp³-hybridized carbons (Fsp3) is 0.455. The van der Waals surface area contributed by atoms with Gasteiger partial charge in [-0.1, -0.05) is 20.8 Å². The van der Waals surface area contributed by atoms with E-state index in [1.165, 1.54) is 0 Å². The summed E-state index contributed by atoms with van der Waals surface area (Å²) in [6.45, 7) is 11.9. The van der Waals surface area contributed by atoms with E-state index in [-0.39, 0.29) is 5.56 Å². The van der Waals surface area contributed by atoms with E-state index in [2.05, 4.69) is 25.8 Å². The van der Waals surface area contributed by atoms with Crippen molar-refractivity contribution in [1.82, 2.24) is 9.55 Å². The second-order valence-electron chi connectivity index (χ2n) is 7.60. The number of benzene rings is 1. The van der Waals surface area contributed by atoms with Crippen LogP contribution in [-0.2, 0) is 6.54 Å². The standard InChI is InChI=1S/C22H28N2O2/c1-6-24-21-16(5)23-10-9-19(21)18-8-7-17(12-20(18)22(24)25)26-13-15(4)11-14(2)3/h7-10,12,14-15H,6,11,13H2,1-5H3/t15-/m1/s1. The molecule has 0 saturated heterocycles. The number of hydrogen-bond donors (Lipinski definition) is 0. The summed E-state index contributed by atoms with van der Waals surface area (Å²) in [7, 11) is 0. The fourth-order valence-electron chi connectivity index (χ4n) is 3.80. The highest BCUT2D eigenvalue weighted by Gasteiger charge is 2.13. The van der Waals surface area contributed by atoms with Crippen LogP contribution in [0.15, 0.2) is 35.3 Å². The van der Waals surface area contributed by atoms with Crippen molar-refractivity contribution >= 4 is 21.7 Å². The molecule has 26 heavy (non-hydrogen) atoms. The van der Waals surface area contributed by atoms with Gasteiger partial charge in [-0.2, -0.15) is 0 Å². The molecule has 1 atom stereocenters. The summed E-state index contributed by atoms with van der Waals surface area (Å²) >= 11 is 0. The van der Waals surface area contributed by atoms with Crippen molar-refractivity contribution in [2.24, 2.45) is 11.8 Å². The Morgan fingerprint density at radius 1 is 1.12 bits per heavy atom. The van der Waals surface area contributed by atoms with Crippen molar-refractivity contribution in [1.29, 1.82) is 0 Å². The first-order chi connectivity index (χ1) is 12.4. The lowest BCUT2D eigenvalue weighted by atomic mass is 10.00. The highest BCUT2D eigenvalue weighted by atomic mass is 16.5. The van der Waals surface area contributed by atoms with Crippen LogP contribution >= 0.6 is 0 Å². The Morgan fingerprint density at radius 3 is 2.58 bits per heavy atom. The van der Waals surface area contributed by atoms with E-state index >= 15 is 0 Å². The first kappa shape index (κ1) is 18.4. The van der Waals surface area contributed by atoms with Gasteiger partial charge in [0.15, 0.2) is 0 Å². The topological polar surface area (TPSA) is 44.1 Å². The summed E-state index contributed by atoms with van der Waals surface area (Å²) in [4.78, 5) is 17.4. The number of pyridine rings is 2. The van der Waals surface area contributed by atoms with Gasteiger partial charge in [-0.05, 0) is 61.8 Å². The molecular weight excluding hydrogens is 324 g/mol. The number of ether oxygens (including phenoxy) is 1. The Hall–Kier alpha value is -2.36. The molecule has 2 heterocycles.